The third-order valence-electron chi connectivity index (χ3n) is 7.03. The second kappa shape index (κ2) is 13.0. The lowest BCUT2D eigenvalue weighted by Gasteiger charge is -2.24. The Labute approximate surface area is 258 Å². The van der Waals surface area contributed by atoms with Gasteiger partial charge in [0.1, 0.15) is 23.6 Å². The van der Waals surface area contributed by atoms with Crippen LogP contribution in [0.15, 0.2) is 77.0 Å². The summed E-state index contributed by atoms with van der Waals surface area (Å²) in [6.45, 7) is 1.36. The normalized spacial score (nSPS) is 14.9. The third-order valence-corrected chi connectivity index (χ3v) is 7.93. The van der Waals surface area contributed by atoms with E-state index in [1.54, 1.807) is 18.2 Å². The monoisotopic (exact) mass is 635 g/mol. The van der Waals surface area contributed by atoms with Crippen molar-refractivity contribution in [2.24, 2.45) is 0 Å². The van der Waals surface area contributed by atoms with Crippen molar-refractivity contribution in [1.29, 1.82) is 0 Å². The van der Waals surface area contributed by atoms with Gasteiger partial charge < -0.3 is 20.1 Å². The number of anilines is 2. The van der Waals surface area contributed by atoms with Crippen molar-refractivity contribution < 1.29 is 27.0 Å². The van der Waals surface area contributed by atoms with Crippen molar-refractivity contribution in [3.05, 3.63) is 104 Å². The number of rotatable bonds is 7. The molecule has 0 bridgehead atoms. The van der Waals surface area contributed by atoms with Crippen LogP contribution in [0.3, 0.4) is 0 Å². The van der Waals surface area contributed by atoms with Gasteiger partial charge in [-0.05, 0) is 79.2 Å². The maximum atomic E-state index is 13.9. The van der Waals surface area contributed by atoms with Gasteiger partial charge in [-0.25, -0.2) is 9.37 Å². The molecule has 1 atom stereocenters. The molecule has 0 spiro atoms. The van der Waals surface area contributed by atoms with E-state index in [1.165, 1.54) is 35.8 Å². The van der Waals surface area contributed by atoms with E-state index in [-0.39, 0.29) is 33.9 Å². The predicted octanol–water partition coefficient (Wildman–Crippen LogP) is 6.32. The fourth-order valence-electron chi connectivity index (χ4n) is 4.84. The number of piperidine rings is 1. The molecule has 45 heavy (non-hydrogen) atoms. The highest BCUT2D eigenvalue weighted by Crippen LogP contribution is 2.35. The van der Waals surface area contributed by atoms with Gasteiger partial charge in [0.25, 0.3) is 5.56 Å². The van der Waals surface area contributed by atoms with Crippen molar-refractivity contribution >= 4 is 34.0 Å². The van der Waals surface area contributed by atoms with Crippen LogP contribution in [0.2, 0.25) is 0 Å². The van der Waals surface area contributed by atoms with E-state index < -0.39 is 29.7 Å². The van der Waals surface area contributed by atoms with Crippen LogP contribution in [0.4, 0.5) is 29.2 Å². The van der Waals surface area contributed by atoms with Crippen molar-refractivity contribution in [1.82, 2.24) is 19.9 Å². The Kier molecular flexibility index (Phi) is 8.68. The number of ether oxygens (including phenoxy) is 2. The van der Waals surface area contributed by atoms with E-state index in [4.69, 9.17) is 9.47 Å². The topological polar surface area (TPSA) is 90.3 Å². The van der Waals surface area contributed by atoms with Gasteiger partial charge in [0.05, 0.1) is 17.7 Å². The molecule has 1 aliphatic heterocycles. The van der Waals surface area contributed by atoms with Crippen LogP contribution in [0, 0.1) is 17.8 Å². The zero-order valence-electron chi connectivity index (χ0n) is 23.5. The zero-order chi connectivity index (χ0) is 31.4. The Morgan fingerprint density at radius 1 is 1.13 bits per heavy atom. The van der Waals surface area contributed by atoms with Gasteiger partial charge >= 0.3 is 6.18 Å². The quantitative estimate of drug-likeness (QED) is 0.160. The van der Waals surface area contributed by atoms with Gasteiger partial charge in [-0.15, -0.1) is 11.3 Å². The van der Waals surface area contributed by atoms with Gasteiger partial charge in [0.2, 0.25) is 5.95 Å². The number of alkyl halides is 3. The lowest BCUT2D eigenvalue weighted by atomic mass is 10.1. The summed E-state index contributed by atoms with van der Waals surface area (Å²) in [5.74, 6) is 2.62. The molecule has 3 aromatic heterocycles. The van der Waals surface area contributed by atoms with Gasteiger partial charge in [-0.2, -0.15) is 18.2 Å². The molecule has 0 aliphatic carbocycles. The highest BCUT2D eigenvalue weighted by Gasteiger charge is 2.34. The van der Waals surface area contributed by atoms with E-state index in [0.717, 1.165) is 47.9 Å². The summed E-state index contributed by atoms with van der Waals surface area (Å²) in [4.78, 5) is 22.4. The van der Waals surface area contributed by atoms with Crippen molar-refractivity contribution in [3.8, 4) is 23.5 Å². The van der Waals surface area contributed by atoms with Crippen LogP contribution in [0.1, 0.15) is 28.8 Å². The zero-order valence-corrected chi connectivity index (χ0v) is 24.3. The van der Waals surface area contributed by atoms with Crippen molar-refractivity contribution in [3.63, 3.8) is 0 Å². The van der Waals surface area contributed by atoms with Gasteiger partial charge in [-0.1, -0.05) is 12.1 Å². The molecule has 1 saturated heterocycles. The Hall–Kier alpha value is -4.93. The Bertz CT molecular complexity index is 1940. The molecule has 2 aromatic carbocycles. The van der Waals surface area contributed by atoms with Crippen LogP contribution in [-0.4, -0.2) is 33.7 Å². The molecule has 0 amide bonds. The Morgan fingerprint density at radius 3 is 2.71 bits per heavy atom. The molecule has 13 heteroatoms. The van der Waals surface area contributed by atoms with E-state index in [0.29, 0.717) is 16.8 Å². The fourth-order valence-corrected chi connectivity index (χ4v) is 5.72. The third kappa shape index (κ3) is 7.08. The Balaban J connectivity index is 1.32. The van der Waals surface area contributed by atoms with E-state index in [2.05, 4.69) is 32.6 Å². The van der Waals surface area contributed by atoms with Crippen LogP contribution in [0.25, 0.3) is 11.0 Å². The number of thiophene rings is 1. The summed E-state index contributed by atoms with van der Waals surface area (Å²) in [6, 6.07) is 15.2. The lowest BCUT2D eigenvalue weighted by Crippen LogP contribution is -2.37. The first-order valence-electron chi connectivity index (χ1n) is 14.0. The number of pyridine rings is 1. The maximum absolute atomic E-state index is 13.9. The number of halogens is 4. The Morgan fingerprint density at radius 2 is 1.96 bits per heavy atom. The van der Waals surface area contributed by atoms with Gasteiger partial charge in [-0.3, -0.25) is 9.36 Å². The second-order valence-electron chi connectivity index (χ2n) is 10.2. The van der Waals surface area contributed by atoms with Crippen LogP contribution in [-0.2, 0) is 12.7 Å². The SMILES string of the molecule is O=c1c(C#COc2ccccc2F)cc2cnc(Nc3ccc(OC4CCCNC4)cc3)nc2n1Cc1sccc1C(F)(F)F. The number of nitrogens with one attached hydrogen (secondary N) is 2. The summed E-state index contributed by atoms with van der Waals surface area (Å²) in [6.07, 6.45) is 1.27. The number of hydrogen-bond donors (Lipinski definition) is 2. The molecule has 6 rings (SSSR count). The molecular formula is C32H25F4N5O3S. The first kappa shape index (κ1) is 30.1. The molecular weight excluding hydrogens is 610 g/mol. The molecule has 4 heterocycles. The highest BCUT2D eigenvalue weighted by atomic mass is 32.1. The molecule has 5 aromatic rings. The summed E-state index contributed by atoms with van der Waals surface area (Å²) in [7, 11) is 0. The van der Waals surface area contributed by atoms with Crippen LogP contribution < -0.4 is 25.7 Å². The highest BCUT2D eigenvalue weighted by molar-refractivity contribution is 7.10. The van der Waals surface area contributed by atoms with E-state index >= 15 is 0 Å². The molecule has 0 saturated carbocycles. The minimum atomic E-state index is -4.61. The molecule has 1 unspecified atom stereocenters. The first-order valence-corrected chi connectivity index (χ1v) is 14.8. The smallest absolute Gasteiger partial charge is 0.417 e. The standard InChI is InChI=1S/C32H25F4N5O3S/c33-26-5-1-2-6-27(26)43-14-11-20-16-21-17-38-31(39-22-7-9-23(10-8-22)44-24-4-3-13-37-18-24)40-29(21)41(30(20)42)19-28-25(12-15-45-28)32(34,35)36/h1-2,5-10,12,15-17,24,37H,3-4,13,18-19H2,(H,38,39,40). The molecule has 0 radical (unpaired) electrons. The minimum absolute atomic E-state index is 0.0736. The van der Waals surface area contributed by atoms with Gasteiger partial charge in [0, 0.05) is 28.7 Å². The average Bonchev–Trinajstić information content (AvgIpc) is 3.51. The number of fused-ring (bicyclic) bond motifs is 1. The first-order chi connectivity index (χ1) is 21.7. The van der Waals surface area contributed by atoms with E-state index in [9.17, 15) is 22.4 Å². The summed E-state index contributed by atoms with van der Waals surface area (Å²) >= 11 is 0.875. The molecule has 2 N–H and O–H groups in total. The minimum Gasteiger partial charge on any atom is -0.489 e. The van der Waals surface area contributed by atoms with Crippen molar-refractivity contribution in [2.75, 3.05) is 18.4 Å². The van der Waals surface area contributed by atoms with E-state index in [1.807, 2.05) is 12.1 Å². The summed E-state index contributed by atoms with van der Waals surface area (Å²) < 4.78 is 67.4. The number of aromatic nitrogens is 3. The lowest BCUT2D eigenvalue weighted by molar-refractivity contribution is -0.137. The fraction of sp³-hybridized carbons (Fsp3) is 0.219. The number of nitrogens with zero attached hydrogens (tertiary/aromatic N) is 3. The molecule has 230 valence electrons. The summed E-state index contributed by atoms with van der Waals surface area (Å²) in [5, 5.41) is 8.05. The molecule has 8 nitrogen and oxygen atoms in total. The number of hydrogen-bond acceptors (Lipinski definition) is 8. The number of benzene rings is 2. The van der Waals surface area contributed by atoms with Crippen LogP contribution in [0.5, 0.6) is 11.5 Å². The average molecular weight is 636 g/mol. The predicted molar refractivity (Wildman–Crippen MR) is 162 cm³/mol. The maximum Gasteiger partial charge on any atom is 0.417 e. The molecule has 1 aliphatic rings. The van der Waals surface area contributed by atoms with Gasteiger partial charge in [0.15, 0.2) is 11.6 Å². The van der Waals surface area contributed by atoms with Crippen molar-refractivity contribution in [2.45, 2.75) is 31.7 Å². The largest absolute Gasteiger partial charge is 0.489 e. The summed E-state index contributed by atoms with van der Waals surface area (Å²) in [5.41, 5.74) is -0.883. The molecule has 1 fully saturated rings. The number of para-hydroxylation sites is 1. The second-order valence-corrected chi connectivity index (χ2v) is 11.2. The van der Waals surface area contributed by atoms with Crippen LogP contribution >= 0.6 is 11.3 Å².